The summed E-state index contributed by atoms with van der Waals surface area (Å²) in [4.78, 5) is 12.9. The summed E-state index contributed by atoms with van der Waals surface area (Å²) >= 11 is 0. The molecule has 1 saturated heterocycles. The summed E-state index contributed by atoms with van der Waals surface area (Å²) in [7, 11) is -3.20. The van der Waals surface area contributed by atoms with Crippen molar-refractivity contribution in [1.29, 1.82) is 0 Å². The number of hydrogen-bond acceptors (Lipinski definition) is 7. The van der Waals surface area contributed by atoms with Crippen molar-refractivity contribution in [1.82, 2.24) is 4.31 Å². The van der Waals surface area contributed by atoms with Crippen LogP contribution in [0, 0.1) is 10.1 Å². The van der Waals surface area contributed by atoms with E-state index in [0.717, 1.165) is 5.69 Å². The summed E-state index contributed by atoms with van der Waals surface area (Å²) in [6.45, 7) is 2.18. The minimum atomic E-state index is -3.20. The second-order valence-electron chi connectivity index (χ2n) is 6.04. The number of nitrogens with one attached hydrogen (secondary N) is 1. The molecule has 3 rings (SSSR count). The SMILES string of the molecule is CS(=O)(=O)N1CCN(c2ccc([N+](=O)[O-])c(NCc3ccco3)c2)CC1. The first-order valence-electron chi connectivity index (χ1n) is 8.09. The number of hydrogen-bond donors (Lipinski definition) is 1. The number of nitro groups is 1. The summed E-state index contributed by atoms with van der Waals surface area (Å²) in [6, 6.07) is 8.41. The van der Waals surface area contributed by atoms with Gasteiger partial charge in [0.05, 0.1) is 24.0 Å². The highest BCUT2D eigenvalue weighted by molar-refractivity contribution is 7.88. The molecule has 2 heterocycles. The molecule has 1 aliphatic heterocycles. The molecular formula is C16H20N4O5S. The van der Waals surface area contributed by atoms with Crippen LogP contribution in [0.5, 0.6) is 0 Å². The number of benzene rings is 1. The summed E-state index contributed by atoms with van der Waals surface area (Å²) in [5.41, 5.74) is 1.19. The maximum absolute atomic E-state index is 11.6. The van der Waals surface area contributed by atoms with Crippen LogP contribution in [0.2, 0.25) is 0 Å². The number of anilines is 2. The van der Waals surface area contributed by atoms with Crippen molar-refractivity contribution in [3.8, 4) is 0 Å². The van der Waals surface area contributed by atoms with E-state index in [0.29, 0.717) is 44.2 Å². The summed E-state index contributed by atoms with van der Waals surface area (Å²) in [6.07, 6.45) is 2.74. The Bertz CT molecular complexity index is 874. The molecular weight excluding hydrogens is 360 g/mol. The molecule has 1 fully saturated rings. The van der Waals surface area contributed by atoms with E-state index in [2.05, 4.69) is 5.32 Å². The first-order valence-corrected chi connectivity index (χ1v) is 9.94. The summed E-state index contributed by atoms with van der Waals surface area (Å²) in [5, 5.41) is 14.3. The van der Waals surface area contributed by atoms with Crippen LogP contribution in [0.15, 0.2) is 41.0 Å². The van der Waals surface area contributed by atoms with Gasteiger partial charge in [0.1, 0.15) is 11.4 Å². The molecule has 0 aliphatic carbocycles. The lowest BCUT2D eigenvalue weighted by Crippen LogP contribution is -2.48. The van der Waals surface area contributed by atoms with Gasteiger partial charge in [-0.2, -0.15) is 4.31 Å². The molecule has 0 saturated carbocycles. The lowest BCUT2D eigenvalue weighted by molar-refractivity contribution is -0.384. The van der Waals surface area contributed by atoms with E-state index in [-0.39, 0.29) is 5.69 Å². The first kappa shape index (κ1) is 18.2. The second kappa shape index (κ2) is 7.34. The summed E-state index contributed by atoms with van der Waals surface area (Å²) < 4.78 is 29.9. The van der Waals surface area contributed by atoms with Gasteiger partial charge in [-0.1, -0.05) is 0 Å². The molecule has 0 unspecified atom stereocenters. The number of rotatable bonds is 6. The lowest BCUT2D eigenvalue weighted by atomic mass is 10.2. The third kappa shape index (κ3) is 4.14. The Balaban J connectivity index is 1.76. The van der Waals surface area contributed by atoms with Crippen molar-refractivity contribution in [2.45, 2.75) is 6.54 Å². The first-order chi connectivity index (χ1) is 12.3. The van der Waals surface area contributed by atoms with Crippen molar-refractivity contribution in [2.75, 3.05) is 42.7 Å². The molecule has 26 heavy (non-hydrogen) atoms. The van der Waals surface area contributed by atoms with Gasteiger partial charge in [0, 0.05) is 37.9 Å². The quantitative estimate of drug-likeness (QED) is 0.602. The summed E-state index contributed by atoms with van der Waals surface area (Å²) in [5.74, 6) is 0.673. The van der Waals surface area contributed by atoms with Crippen molar-refractivity contribution in [3.63, 3.8) is 0 Å². The number of piperazine rings is 1. The molecule has 1 aromatic heterocycles. The van der Waals surface area contributed by atoms with E-state index in [4.69, 9.17) is 4.42 Å². The third-order valence-electron chi connectivity index (χ3n) is 4.28. The number of nitro benzene ring substituents is 1. The van der Waals surface area contributed by atoms with E-state index in [1.807, 2.05) is 4.90 Å². The Morgan fingerprint density at radius 1 is 1.23 bits per heavy atom. The van der Waals surface area contributed by atoms with E-state index >= 15 is 0 Å². The zero-order valence-electron chi connectivity index (χ0n) is 14.3. The smallest absolute Gasteiger partial charge is 0.292 e. The predicted octanol–water partition coefficient (Wildman–Crippen LogP) is 1.88. The Labute approximate surface area is 151 Å². The molecule has 0 radical (unpaired) electrons. The van der Waals surface area contributed by atoms with Gasteiger partial charge in [-0.15, -0.1) is 0 Å². The van der Waals surface area contributed by atoms with Gasteiger partial charge in [-0.05, 0) is 24.3 Å². The minimum absolute atomic E-state index is 0.0184. The van der Waals surface area contributed by atoms with Gasteiger partial charge in [0.2, 0.25) is 10.0 Å². The van der Waals surface area contributed by atoms with E-state index in [1.54, 1.807) is 30.5 Å². The van der Waals surface area contributed by atoms with E-state index in [1.165, 1.54) is 16.6 Å². The van der Waals surface area contributed by atoms with Crippen molar-refractivity contribution in [3.05, 3.63) is 52.5 Å². The molecule has 0 amide bonds. The molecule has 10 heteroatoms. The van der Waals surface area contributed by atoms with Crippen molar-refractivity contribution >= 4 is 27.1 Å². The van der Waals surface area contributed by atoms with Crippen LogP contribution in [0.25, 0.3) is 0 Å². The lowest BCUT2D eigenvalue weighted by Gasteiger charge is -2.34. The number of sulfonamides is 1. The van der Waals surface area contributed by atoms with Crippen molar-refractivity contribution < 1.29 is 17.8 Å². The molecule has 1 aliphatic rings. The monoisotopic (exact) mass is 380 g/mol. The fraction of sp³-hybridized carbons (Fsp3) is 0.375. The normalized spacial score (nSPS) is 15.8. The standard InChI is InChI=1S/C16H20N4O5S/c1-26(23,24)19-8-6-18(7-9-19)13-4-5-16(20(21)22)15(11-13)17-12-14-3-2-10-25-14/h2-5,10-11,17H,6-9,12H2,1H3. The average Bonchev–Trinajstić information content (AvgIpc) is 3.12. The van der Waals surface area contributed by atoms with Gasteiger partial charge in [0.15, 0.2) is 0 Å². The number of nitrogens with zero attached hydrogens (tertiary/aromatic N) is 3. The van der Waals surface area contributed by atoms with Crippen LogP contribution < -0.4 is 10.2 Å². The van der Waals surface area contributed by atoms with Gasteiger partial charge in [0.25, 0.3) is 5.69 Å². The Hall–Kier alpha value is -2.59. The predicted molar refractivity (Wildman–Crippen MR) is 97.8 cm³/mol. The largest absolute Gasteiger partial charge is 0.467 e. The van der Waals surface area contributed by atoms with E-state index in [9.17, 15) is 18.5 Å². The van der Waals surface area contributed by atoms with Crippen LogP contribution in [0.1, 0.15) is 5.76 Å². The molecule has 1 N–H and O–H groups in total. The van der Waals surface area contributed by atoms with Gasteiger partial charge < -0.3 is 14.6 Å². The zero-order chi connectivity index (χ0) is 18.7. The Morgan fingerprint density at radius 3 is 2.54 bits per heavy atom. The fourth-order valence-corrected chi connectivity index (χ4v) is 3.72. The van der Waals surface area contributed by atoms with E-state index < -0.39 is 14.9 Å². The van der Waals surface area contributed by atoms with Gasteiger partial charge in [-0.3, -0.25) is 10.1 Å². The molecule has 0 spiro atoms. The van der Waals surface area contributed by atoms with Crippen LogP contribution in [-0.2, 0) is 16.6 Å². The van der Waals surface area contributed by atoms with Crippen molar-refractivity contribution in [2.24, 2.45) is 0 Å². The molecule has 140 valence electrons. The maximum atomic E-state index is 11.6. The Morgan fingerprint density at radius 2 is 1.96 bits per heavy atom. The molecule has 9 nitrogen and oxygen atoms in total. The zero-order valence-corrected chi connectivity index (χ0v) is 15.1. The topological polar surface area (TPSA) is 109 Å². The highest BCUT2D eigenvalue weighted by atomic mass is 32.2. The minimum Gasteiger partial charge on any atom is -0.467 e. The molecule has 0 atom stereocenters. The van der Waals surface area contributed by atoms with Gasteiger partial charge in [-0.25, -0.2) is 8.42 Å². The van der Waals surface area contributed by atoms with Crippen LogP contribution >= 0.6 is 0 Å². The fourth-order valence-electron chi connectivity index (χ4n) is 2.89. The van der Waals surface area contributed by atoms with Crippen LogP contribution in [-0.4, -0.2) is 50.1 Å². The molecule has 0 bridgehead atoms. The third-order valence-corrected chi connectivity index (χ3v) is 5.59. The van der Waals surface area contributed by atoms with Crippen LogP contribution in [0.4, 0.5) is 17.1 Å². The highest BCUT2D eigenvalue weighted by Gasteiger charge is 2.24. The Kier molecular flexibility index (Phi) is 5.14. The maximum Gasteiger partial charge on any atom is 0.292 e. The second-order valence-corrected chi connectivity index (χ2v) is 8.02. The van der Waals surface area contributed by atoms with Gasteiger partial charge >= 0.3 is 0 Å². The average molecular weight is 380 g/mol. The number of furan rings is 1. The van der Waals surface area contributed by atoms with Crippen LogP contribution in [0.3, 0.4) is 0 Å². The highest BCUT2D eigenvalue weighted by Crippen LogP contribution is 2.30. The molecule has 1 aromatic carbocycles. The molecule has 2 aromatic rings.